The van der Waals surface area contributed by atoms with Crippen molar-refractivity contribution in [2.45, 2.75) is 32.9 Å². The van der Waals surface area contributed by atoms with Crippen LogP contribution in [0.3, 0.4) is 0 Å². The van der Waals surface area contributed by atoms with Gasteiger partial charge in [0.2, 0.25) is 5.91 Å². The summed E-state index contributed by atoms with van der Waals surface area (Å²) >= 11 is 0. The molecule has 178 valence electrons. The van der Waals surface area contributed by atoms with Crippen molar-refractivity contribution in [2.24, 2.45) is 5.92 Å². The van der Waals surface area contributed by atoms with E-state index in [1.165, 1.54) is 5.56 Å². The number of piperidine rings is 1. The Balaban J connectivity index is 1.40. The lowest BCUT2D eigenvalue weighted by atomic mass is 9.97. The summed E-state index contributed by atoms with van der Waals surface area (Å²) in [6.45, 7) is 4.15. The van der Waals surface area contributed by atoms with E-state index in [2.05, 4.69) is 41.5 Å². The summed E-state index contributed by atoms with van der Waals surface area (Å²) in [5.41, 5.74) is 4.67. The molecule has 1 aliphatic rings. The quantitative estimate of drug-likeness (QED) is 0.468. The third-order valence-electron chi connectivity index (χ3n) is 6.58. The van der Waals surface area contributed by atoms with Gasteiger partial charge >= 0.3 is 0 Å². The lowest BCUT2D eigenvalue weighted by Gasteiger charge is -2.32. The maximum Gasteiger partial charge on any atom is 0.294 e. The number of benzene rings is 2. The molecule has 0 radical (unpaired) electrons. The SMILES string of the molecule is Cc1ccc(Cn2c(=O)c(N3CCC[C@@H](C(=O)NCc4cccnc4)C3)nc3ccccc32)cc1. The van der Waals surface area contributed by atoms with Crippen molar-refractivity contribution in [3.05, 3.63) is 100 Å². The molecule has 1 N–H and O–H groups in total. The Morgan fingerprint density at radius 3 is 2.69 bits per heavy atom. The number of carbonyl (C=O) groups excluding carboxylic acids is 1. The van der Waals surface area contributed by atoms with Gasteiger partial charge in [0.1, 0.15) is 0 Å². The number of para-hydroxylation sites is 2. The molecule has 2 aromatic carbocycles. The number of nitrogens with one attached hydrogen (secondary N) is 1. The molecule has 1 amide bonds. The minimum Gasteiger partial charge on any atom is -0.352 e. The van der Waals surface area contributed by atoms with E-state index < -0.39 is 0 Å². The van der Waals surface area contributed by atoms with Crippen LogP contribution < -0.4 is 15.8 Å². The molecule has 7 nitrogen and oxygen atoms in total. The Morgan fingerprint density at radius 2 is 1.89 bits per heavy atom. The van der Waals surface area contributed by atoms with Crippen molar-refractivity contribution in [3.63, 3.8) is 0 Å². The summed E-state index contributed by atoms with van der Waals surface area (Å²) in [4.78, 5) is 37.4. The zero-order chi connectivity index (χ0) is 24.2. The van der Waals surface area contributed by atoms with Crippen LogP contribution in [0.4, 0.5) is 5.82 Å². The maximum absolute atomic E-state index is 13.7. The number of hydrogen-bond acceptors (Lipinski definition) is 5. The number of amides is 1. The highest BCUT2D eigenvalue weighted by molar-refractivity contribution is 5.80. The number of anilines is 1. The van der Waals surface area contributed by atoms with Crippen molar-refractivity contribution < 1.29 is 4.79 Å². The maximum atomic E-state index is 13.7. The fraction of sp³-hybridized carbons (Fsp3) is 0.286. The molecule has 1 aliphatic heterocycles. The molecule has 0 saturated carbocycles. The van der Waals surface area contributed by atoms with Crippen LogP contribution in [0.2, 0.25) is 0 Å². The smallest absolute Gasteiger partial charge is 0.294 e. The summed E-state index contributed by atoms with van der Waals surface area (Å²) in [6.07, 6.45) is 5.09. The van der Waals surface area contributed by atoms with E-state index in [1.807, 2.05) is 41.3 Å². The molecule has 4 aromatic rings. The highest BCUT2D eigenvalue weighted by atomic mass is 16.2. The first-order valence-electron chi connectivity index (χ1n) is 12.0. The Bertz CT molecular complexity index is 1380. The normalized spacial score (nSPS) is 15.8. The minimum atomic E-state index is -0.196. The topological polar surface area (TPSA) is 80.1 Å². The zero-order valence-corrected chi connectivity index (χ0v) is 19.9. The van der Waals surface area contributed by atoms with Crippen LogP contribution >= 0.6 is 0 Å². The first kappa shape index (κ1) is 22.8. The molecule has 2 aromatic heterocycles. The van der Waals surface area contributed by atoms with E-state index >= 15 is 0 Å². The van der Waals surface area contributed by atoms with Crippen molar-refractivity contribution in [1.82, 2.24) is 19.9 Å². The third kappa shape index (κ3) is 5.09. The van der Waals surface area contributed by atoms with Crippen LogP contribution in [0, 0.1) is 12.8 Å². The molecule has 1 atom stereocenters. The lowest BCUT2D eigenvalue weighted by molar-refractivity contribution is -0.125. The number of aryl methyl sites for hydroxylation is 1. The Labute approximate surface area is 204 Å². The van der Waals surface area contributed by atoms with Crippen LogP contribution in [0.5, 0.6) is 0 Å². The van der Waals surface area contributed by atoms with E-state index in [1.54, 1.807) is 17.0 Å². The van der Waals surface area contributed by atoms with E-state index in [0.29, 0.717) is 32.0 Å². The van der Waals surface area contributed by atoms with Gasteiger partial charge in [-0.1, -0.05) is 48.0 Å². The van der Waals surface area contributed by atoms with Crippen LogP contribution in [-0.4, -0.2) is 33.5 Å². The van der Waals surface area contributed by atoms with Gasteiger partial charge in [0.05, 0.1) is 23.5 Å². The zero-order valence-electron chi connectivity index (χ0n) is 19.9. The number of fused-ring (bicyclic) bond motifs is 1. The summed E-state index contributed by atoms with van der Waals surface area (Å²) in [6, 6.07) is 19.8. The van der Waals surface area contributed by atoms with Crippen molar-refractivity contribution >= 4 is 22.8 Å². The molecule has 0 bridgehead atoms. The summed E-state index contributed by atoms with van der Waals surface area (Å²) in [5, 5.41) is 3.02. The van der Waals surface area contributed by atoms with Gasteiger partial charge in [-0.15, -0.1) is 0 Å². The van der Waals surface area contributed by atoms with E-state index in [-0.39, 0.29) is 17.4 Å². The lowest BCUT2D eigenvalue weighted by Crippen LogP contribution is -2.45. The van der Waals surface area contributed by atoms with Crippen LogP contribution in [0.1, 0.15) is 29.5 Å². The minimum absolute atomic E-state index is 0.000627. The summed E-state index contributed by atoms with van der Waals surface area (Å²) in [5.74, 6) is 0.221. The van der Waals surface area contributed by atoms with Crippen molar-refractivity contribution in [2.75, 3.05) is 18.0 Å². The van der Waals surface area contributed by atoms with Gasteiger partial charge in [0.25, 0.3) is 5.56 Å². The van der Waals surface area contributed by atoms with Gasteiger partial charge in [-0.05, 0) is 49.1 Å². The van der Waals surface area contributed by atoms with Crippen LogP contribution in [0.15, 0.2) is 77.9 Å². The molecule has 0 aliphatic carbocycles. The average Bonchev–Trinajstić information content (AvgIpc) is 2.90. The molecular formula is C28H29N5O2. The number of aromatic nitrogens is 3. The second-order valence-electron chi connectivity index (χ2n) is 9.17. The highest BCUT2D eigenvalue weighted by Crippen LogP contribution is 2.22. The van der Waals surface area contributed by atoms with Crippen molar-refractivity contribution in [3.8, 4) is 0 Å². The average molecular weight is 468 g/mol. The Morgan fingerprint density at radius 1 is 1.06 bits per heavy atom. The monoisotopic (exact) mass is 467 g/mol. The highest BCUT2D eigenvalue weighted by Gasteiger charge is 2.28. The third-order valence-corrected chi connectivity index (χ3v) is 6.58. The standard InChI is InChI=1S/C28H29N5O2/c1-20-10-12-21(13-11-20)18-33-25-9-3-2-8-24(25)31-26(28(33)35)32-15-5-7-23(19-32)27(34)30-17-22-6-4-14-29-16-22/h2-4,6,8-14,16,23H,5,7,15,17-19H2,1H3,(H,30,34)/t23-/m1/s1. The predicted molar refractivity (Wildman–Crippen MR) is 137 cm³/mol. The Kier molecular flexibility index (Phi) is 6.57. The first-order chi connectivity index (χ1) is 17.1. The number of pyridine rings is 1. The fourth-order valence-corrected chi connectivity index (χ4v) is 4.64. The fourth-order valence-electron chi connectivity index (χ4n) is 4.64. The molecule has 5 rings (SSSR count). The molecule has 3 heterocycles. The van der Waals surface area contributed by atoms with Gasteiger partial charge in [0, 0.05) is 32.0 Å². The molecule has 1 fully saturated rings. The molecule has 7 heteroatoms. The second-order valence-corrected chi connectivity index (χ2v) is 9.17. The summed E-state index contributed by atoms with van der Waals surface area (Å²) < 4.78 is 1.80. The molecule has 0 spiro atoms. The van der Waals surface area contributed by atoms with E-state index in [0.717, 1.165) is 35.0 Å². The molecule has 1 saturated heterocycles. The van der Waals surface area contributed by atoms with Gasteiger partial charge in [-0.3, -0.25) is 19.1 Å². The van der Waals surface area contributed by atoms with E-state index in [9.17, 15) is 9.59 Å². The summed E-state index contributed by atoms with van der Waals surface area (Å²) in [7, 11) is 0. The predicted octanol–water partition coefficient (Wildman–Crippen LogP) is 3.68. The van der Waals surface area contributed by atoms with Gasteiger partial charge in [-0.2, -0.15) is 0 Å². The Hall–Kier alpha value is -4.00. The van der Waals surface area contributed by atoms with Crippen LogP contribution in [-0.2, 0) is 17.9 Å². The molecular weight excluding hydrogens is 438 g/mol. The first-order valence-corrected chi connectivity index (χ1v) is 12.0. The number of hydrogen-bond donors (Lipinski definition) is 1. The second kappa shape index (κ2) is 10.1. The largest absolute Gasteiger partial charge is 0.352 e. The van der Waals surface area contributed by atoms with Gasteiger partial charge in [0.15, 0.2) is 5.82 Å². The van der Waals surface area contributed by atoms with Gasteiger partial charge in [-0.25, -0.2) is 4.98 Å². The molecule has 35 heavy (non-hydrogen) atoms. The number of rotatable bonds is 6. The number of carbonyl (C=O) groups is 1. The van der Waals surface area contributed by atoms with E-state index in [4.69, 9.17) is 4.98 Å². The van der Waals surface area contributed by atoms with Gasteiger partial charge < -0.3 is 10.2 Å². The number of nitrogens with zero attached hydrogens (tertiary/aromatic N) is 4. The van der Waals surface area contributed by atoms with Crippen LogP contribution in [0.25, 0.3) is 11.0 Å². The molecule has 0 unspecified atom stereocenters. The van der Waals surface area contributed by atoms with Crippen molar-refractivity contribution in [1.29, 1.82) is 0 Å².